The van der Waals surface area contributed by atoms with Crippen LogP contribution in [0.2, 0.25) is 0 Å². The minimum Gasteiger partial charge on any atom is -0.378 e. The summed E-state index contributed by atoms with van der Waals surface area (Å²) in [5.74, 6) is -0.175. The number of pyridine rings is 1. The molecule has 0 radical (unpaired) electrons. The van der Waals surface area contributed by atoms with Crippen molar-refractivity contribution >= 4 is 11.6 Å². The second-order valence-corrected chi connectivity index (χ2v) is 4.83. The maximum Gasteiger partial charge on any atom is 0.274 e. The number of carbonyl (C=O) groups excluding carboxylic acids is 1. The molecule has 1 aromatic heterocycles. The molecule has 2 N–H and O–H groups in total. The highest BCUT2D eigenvalue weighted by molar-refractivity contribution is 5.91. The zero-order valence-corrected chi connectivity index (χ0v) is 11.2. The van der Waals surface area contributed by atoms with Crippen LogP contribution < -0.4 is 16.2 Å². The molecule has 2 heterocycles. The second-order valence-electron chi connectivity index (χ2n) is 4.83. The third-order valence-corrected chi connectivity index (χ3v) is 3.02. The van der Waals surface area contributed by atoms with Crippen molar-refractivity contribution in [2.75, 3.05) is 25.1 Å². The fraction of sp³-hybridized carbons (Fsp3) is 0.538. The van der Waals surface area contributed by atoms with E-state index < -0.39 is 0 Å². The van der Waals surface area contributed by atoms with Crippen LogP contribution in [0.15, 0.2) is 17.1 Å². The topological polar surface area (TPSA) is 72.4 Å². The van der Waals surface area contributed by atoms with E-state index in [0.717, 1.165) is 12.1 Å². The molecule has 19 heavy (non-hydrogen) atoms. The number of anilines is 1. The van der Waals surface area contributed by atoms with Gasteiger partial charge in [-0.1, -0.05) is 0 Å². The number of hydrogen-bond acceptors (Lipinski definition) is 4. The average molecular weight is 265 g/mol. The number of hydrogen-bond donors (Lipinski definition) is 2. The lowest BCUT2D eigenvalue weighted by molar-refractivity contribution is -0.117. The molecule has 1 aliphatic heterocycles. The molecule has 1 aliphatic rings. The maximum absolute atomic E-state index is 11.9. The van der Waals surface area contributed by atoms with Gasteiger partial charge in [0.2, 0.25) is 5.91 Å². The van der Waals surface area contributed by atoms with E-state index in [0.29, 0.717) is 25.3 Å². The number of nitrogens with one attached hydrogen (secondary N) is 2. The predicted octanol–water partition coefficient (Wildman–Crippen LogP) is 0.0107. The first-order valence-electron chi connectivity index (χ1n) is 6.34. The van der Waals surface area contributed by atoms with Gasteiger partial charge in [0.05, 0.1) is 13.2 Å². The zero-order valence-electron chi connectivity index (χ0n) is 11.2. The molecule has 1 amide bonds. The van der Waals surface area contributed by atoms with E-state index in [-0.39, 0.29) is 17.5 Å². The molecule has 2 rings (SSSR count). The van der Waals surface area contributed by atoms with Crippen LogP contribution in [-0.4, -0.2) is 36.3 Å². The lowest BCUT2D eigenvalue weighted by atomic mass is 10.2. The Hall–Kier alpha value is -1.66. The van der Waals surface area contributed by atoms with Gasteiger partial charge in [-0.25, -0.2) is 0 Å². The molecule has 0 saturated carbocycles. The van der Waals surface area contributed by atoms with E-state index in [4.69, 9.17) is 4.74 Å². The summed E-state index contributed by atoms with van der Waals surface area (Å²) in [6.07, 6.45) is 2.03. The minimum atomic E-state index is -0.202. The van der Waals surface area contributed by atoms with Gasteiger partial charge in [0.1, 0.15) is 5.69 Å². The van der Waals surface area contributed by atoms with E-state index in [2.05, 4.69) is 10.6 Å². The second kappa shape index (κ2) is 5.99. The van der Waals surface area contributed by atoms with Crippen molar-refractivity contribution in [3.05, 3.63) is 28.2 Å². The third-order valence-electron chi connectivity index (χ3n) is 3.02. The van der Waals surface area contributed by atoms with Crippen molar-refractivity contribution in [2.24, 2.45) is 7.05 Å². The average Bonchev–Trinajstić information content (AvgIpc) is 2.36. The summed E-state index contributed by atoms with van der Waals surface area (Å²) in [7, 11) is 1.67. The Bertz CT molecular complexity index is 518. The van der Waals surface area contributed by atoms with Gasteiger partial charge < -0.3 is 19.9 Å². The highest BCUT2D eigenvalue weighted by atomic mass is 16.5. The number of carbonyl (C=O) groups is 1. The summed E-state index contributed by atoms with van der Waals surface area (Å²) in [5, 5.41) is 5.88. The number of aryl methyl sites for hydroxylation is 2. The van der Waals surface area contributed by atoms with Crippen LogP contribution in [0.3, 0.4) is 0 Å². The van der Waals surface area contributed by atoms with Gasteiger partial charge in [-0.3, -0.25) is 9.59 Å². The molecule has 6 heteroatoms. The first kappa shape index (κ1) is 13.8. The molecule has 104 valence electrons. The smallest absolute Gasteiger partial charge is 0.274 e. The van der Waals surface area contributed by atoms with Crippen molar-refractivity contribution in [3.8, 4) is 0 Å². The van der Waals surface area contributed by atoms with E-state index in [1.54, 1.807) is 19.3 Å². The van der Waals surface area contributed by atoms with E-state index in [9.17, 15) is 9.59 Å². The lowest BCUT2D eigenvalue weighted by Crippen LogP contribution is -2.43. The lowest BCUT2D eigenvalue weighted by Gasteiger charge is -2.23. The normalized spacial score (nSPS) is 19.2. The summed E-state index contributed by atoms with van der Waals surface area (Å²) in [6, 6.07) is 1.70. The predicted molar refractivity (Wildman–Crippen MR) is 72.3 cm³/mol. The van der Waals surface area contributed by atoms with Gasteiger partial charge in [0.15, 0.2) is 0 Å². The summed E-state index contributed by atoms with van der Waals surface area (Å²) in [6.45, 7) is 3.84. The van der Waals surface area contributed by atoms with Crippen molar-refractivity contribution < 1.29 is 9.53 Å². The molecule has 1 fully saturated rings. The van der Waals surface area contributed by atoms with E-state index in [1.807, 2.05) is 6.92 Å². The number of nitrogens with zero attached hydrogens (tertiary/aromatic N) is 1. The number of aromatic nitrogens is 1. The Kier molecular flexibility index (Phi) is 4.34. The monoisotopic (exact) mass is 265 g/mol. The summed E-state index contributed by atoms with van der Waals surface area (Å²) < 4.78 is 6.75. The maximum atomic E-state index is 11.9. The molecular weight excluding hydrogens is 246 g/mol. The molecule has 0 aliphatic carbocycles. The third kappa shape index (κ3) is 3.65. The molecule has 0 aromatic carbocycles. The standard InChI is InChI=1S/C13H19N3O3/c1-9-5-11(13(18)16(2)7-9)15-12(17)6-10-8-19-4-3-14-10/h5,7,10,14H,3-4,6,8H2,1-2H3,(H,15,17). The Morgan fingerprint density at radius 2 is 2.42 bits per heavy atom. The Morgan fingerprint density at radius 1 is 1.63 bits per heavy atom. The first-order valence-corrected chi connectivity index (χ1v) is 6.34. The van der Waals surface area contributed by atoms with Gasteiger partial charge in [-0.15, -0.1) is 0 Å². The van der Waals surface area contributed by atoms with E-state index in [1.165, 1.54) is 4.57 Å². The van der Waals surface area contributed by atoms with Crippen LogP contribution in [-0.2, 0) is 16.6 Å². The molecule has 0 bridgehead atoms. The summed E-state index contributed by atoms with van der Waals surface area (Å²) in [4.78, 5) is 23.8. The molecule has 1 aromatic rings. The van der Waals surface area contributed by atoms with E-state index >= 15 is 0 Å². The number of morpholine rings is 1. The largest absolute Gasteiger partial charge is 0.378 e. The molecule has 6 nitrogen and oxygen atoms in total. The molecule has 1 atom stereocenters. The first-order chi connectivity index (χ1) is 9.06. The Morgan fingerprint density at radius 3 is 3.11 bits per heavy atom. The number of rotatable bonds is 3. The highest BCUT2D eigenvalue weighted by Gasteiger charge is 2.17. The van der Waals surface area contributed by atoms with Gasteiger partial charge in [0, 0.05) is 32.3 Å². The molecular formula is C13H19N3O3. The van der Waals surface area contributed by atoms with Crippen LogP contribution in [0.25, 0.3) is 0 Å². The number of amides is 1. The Balaban J connectivity index is 2.00. The van der Waals surface area contributed by atoms with Crippen LogP contribution >= 0.6 is 0 Å². The van der Waals surface area contributed by atoms with Crippen LogP contribution in [0.5, 0.6) is 0 Å². The van der Waals surface area contributed by atoms with Crippen LogP contribution in [0.1, 0.15) is 12.0 Å². The van der Waals surface area contributed by atoms with Crippen molar-refractivity contribution in [3.63, 3.8) is 0 Å². The van der Waals surface area contributed by atoms with Gasteiger partial charge in [-0.2, -0.15) is 0 Å². The van der Waals surface area contributed by atoms with Crippen molar-refractivity contribution in [2.45, 2.75) is 19.4 Å². The quantitative estimate of drug-likeness (QED) is 0.807. The van der Waals surface area contributed by atoms with Crippen molar-refractivity contribution in [1.29, 1.82) is 0 Å². The Labute approximate surface area is 111 Å². The highest BCUT2D eigenvalue weighted by Crippen LogP contribution is 2.06. The summed E-state index contributed by atoms with van der Waals surface area (Å²) in [5.41, 5.74) is 1.05. The fourth-order valence-corrected chi connectivity index (χ4v) is 2.15. The van der Waals surface area contributed by atoms with Gasteiger partial charge in [-0.05, 0) is 18.6 Å². The van der Waals surface area contributed by atoms with Gasteiger partial charge >= 0.3 is 0 Å². The summed E-state index contributed by atoms with van der Waals surface area (Å²) >= 11 is 0. The SMILES string of the molecule is Cc1cc(NC(=O)CC2COCCN2)c(=O)n(C)c1. The molecule has 1 unspecified atom stereocenters. The number of ether oxygens (including phenoxy) is 1. The minimum absolute atomic E-state index is 0.0161. The zero-order chi connectivity index (χ0) is 13.8. The molecule has 1 saturated heterocycles. The van der Waals surface area contributed by atoms with Gasteiger partial charge in [0.25, 0.3) is 5.56 Å². The van der Waals surface area contributed by atoms with Crippen molar-refractivity contribution in [1.82, 2.24) is 9.88 Å². The molecule has 0 spiro atoms. The van der Waals surface area contributed by atoms with Crippen LogP contribution in [0, 0.1) is 6.92 Å². The fourth-order valence-electron chi connectivity index (χ4n) is 2.15. The van der Waals surface area contributed by atoms with Crippen LogP contribution in [0.4, 0.5) is 5.69 Å².